The number of nitrogens with zero attached hydrogens (tertiary/aromatic N) is 5. The molecular formula is C19H22N6O. The van der Waals surface area contributed by atoms with Crippen molar-refractivity contribution in [3.63, 3.8) is 0 Å². The maximum atomic E-state index is 12.5. The zero-order chi connectivity index (χ0) is 18.4. The Morgan fingerprint density at radius 2 is 2.12 bits per heavy atom. The predicted octanol–water partition coefficient (Wildman–Crippen LogP) is 0.696. The van der Waals surface area contributed by atoms with Crippen LogP contribution >= 0.6 is 0 Å². The summed E-state index contributed by atoms with van der Waals surface area (Å²) in [6.07, 6.45) is 3.56. The predicted molar refractivity (Wildman–Crippen MR) is 102 cm³/mol. The fraction of sp³-hybridized carbons (Fsp3) is 0.316. The van der Waals surface area contributed by atoms with E-state index in [9.17, 15) is 4.79 Å². The van der Waals surface area contributed by atoms with Crippen molar-refractivity contribution in [2.24, 2.45) is 12.0 Å². The average molecular weight is 350 g/mol. The van der Waals surface area contributed by atoms with Crippen molar-refractivity contribution in [2.75, 3.05) is 38.1 Å². The van der Waals surface area contributed by atoms with Gasteiger partial charge in [-0.2, -0.15) is 5.10 Å². The Morgan fingerprint density at radius 1 is 1.31 bits per heavy atom. The number of amides is 1. The lowest BCUT2D eigenvalue weighted by Gasteiger charge is -2.35. The van der Waals surface area contributed by atoms with Crippen molar-refractivity contribution in [1.29, 1.82) is 0 Å². The molecule has 1 amide bonds. The zero-order valence-electron chi connectivity index (χ0n) is 15.0. The highest BCUT2D eigenvalue weighted by atomic mass is 16.2. The molecule has 1 aromatic carbocycles. The lowest BCUT2D eigenvalue weighted by Crippen LogP contribution is -2.55. The van der Waals surface area contributed by atoms with Crippen molar-refractivity contribution in [1.82, 2.24) is 20.0 Å². The summed E-state index contributed by atoms with van der Waals surface area (Å²) in [5.41, 5.74) is 1.80. The molecule has 7 heteroatoms. The molecule has 2 aromatic rings. The molecule has 1 aromatic heterocycles. The van der Waals surface area contributed by atoms with Gasteiger partial charge in [0.2, 0.25) is 5.91 Å². The Labute approximate surface area is 153 Å². The molecule has 1 aliphatic heterocycles. The van der Waals surface area contributed by atoms with E-state index in [0.29, 0.717) is 25.6 Å². The first-order chi connectivity index (χ1) is 12.7. The summed E-state index contributed by atoms with van der Waals surface area (Å²) in [5.74, 6) is 6.89. The van der Waals surface area contributed by atoms with Gasteiger partial charge in [-0.15, -0.1) is 0 Å². The van der Waals surface area contributed by atoms with E-state index in [0.717, 1.165) is 11.3 Å². The monoisotopic (exact) mass is 350 g/mol. The van der Waals surface area contributed by atoms with Crippen molar-refractivity contribution in [3.8, 4) is 11.8 Å². The molecule has 134 valence electrons. The van der Waals surface area contributed by atoms with Gasteiger partial charge in [0.25, 0.3) is 0 Å². The zero-order valence-corrected chi connectivity index (χ0v) is 15.0. The standard InChI is InChI=1S/C19H22N6O/c1-20-19(21-10-6-9-16-7-4-3-5-8-16)24-11-12-25(18(26)15-24)17-13-22-23(2)14-17/h3-5,7-8,13-14H,10-12,15H2,1-2H3,(H,20,21). The second-order valence-electron chi connectivity index (χ2n) is 5.91. The average Bonchev–Trinajstić information content (AvgIpc) is 3.08. The molecule has 3 rings (SSSR count). The quantitative estimate of drug-likeness (QED) is 0.492. The van der Waals surface area contributed by atoms with E-state index >= 15 is 0 Å². The van der Waals surface area contributed by atoms with Crippen LogP contribution in [0.3, 0.4) is 0 Å². The second-order valence-corrected chi connectivity index (χ2v) is 5.91. The van der Waals surface area contributed by atoms with Crippen molar-refractivity contribution in [2.45, 2.75) is 0 Å². The molecule has 7 nitrogen and oxygen atoms in total. The third kappa shape index (κ3) is 4.22. The molecular weight excluding hydrogens is 328 g/mol. The third-order valence-corrected chi connectivity index (χ3v) is 4.08. The minimum absolute atomic E-state index is 0.0302. The third-order valence-electron chi connectivity index (χ3n) is 4.08. The van der Waals surface area contributed by atoms with Crippen molar-refractivity contribution >= 4 is 17.6 Å². The summed E-state index contributed by atoms with van der Waals surface area (Å²) >= 11 is 0. The first-order valence-corrected chi connectivity index (χ1v) is 8.46. The molecule has 1 fully saturated rings. The van der Waals surface area contributed by atoms with Gasteiger partial charge in [-0.1, -0.05) is 30.0 Å². The number of anilines is 1. The molecule has 0 radical (unpaired) electrons. The number of aliphatic imine (C=N–C) groups is 1. The largest absolute Gasteiger partial charge is 0.345 e. The summed E-state index contributed by atoms with van der Waals surface area (Å²) in [7, 11) is 3.55. The van der Waals surface area contributed by atoms with Crippen LogP contribution in [0.4, 0.5) is 5.69 Å². The Balaban J connectivity index is 1.55. The van der Waals surface area contributed by atoms with E-state index in [2.05, 4.69) is 27.2 Å². The van der Waals surface area contributed by atoms with Crippen LogP contribution in [0.2, 0.25) is 0 Å². The Bertz CT molecular complexity index is 846. The van der Waals surface area contributed by atoms with Crippen LogP contribution in [0.15, 0.2) is 47.7 Å². The van der Waals surface area contributed by atoms with Crippen LogP contribution in [0, 0.1) is 11.8 Å². The lowest BCUT2D eigenvalue weighted by atomic mass is 10.2. The van der Waals surface area contributed by atoms with E-state index in [1.165, 1.54) is 0 Å². The van der Waals surface area contributed by atoms with E-state index in [4.69, 9.17) is 0 Å². The van der Waals surface area contributed by atoms with Gasteiger partial charge < -0.3 is 15.1 Å². The van der Waals surface area contributed by atoms with E-state index in [1.54, 1.807) is 22.8 Å². The van der Waals surface area contributed by atoms with Crippen molar-refractivity contribution < 1.29 is 4.79 Å². The number of carbonyl (C=O) groups excluding carboxylic acids is 1. The number of guanidine groups is 1. The fourth-order valence-corrected chi connectivity index (χ4v) is 2.80. The van der Waals surface area contributed by atoms with Gasteiger partial charge in [-0.05, 0) is 12.1 Å². The normalized spacial score (nSPS) is 14.8. The number of aryl methyl sites for hydroxylation is 1. The van der Waals surface area contributed by atoms with Gasteiger partial charge >= 0.3 is 0 Å². The molecule has 2 heterocycles. The number of piperazine rings is 1. The summed E-state index contributed by atoms with van der Waals surface area (Å²) in [6, 6.07) is 9.83. The van der Waals surface area contributed by atoms with Crippen LogP contribution in [0.25, 0.3) is 0 Å². The van der Waals surface area contributed by atoms with Gasteiger partial charge in [0.05, 0.1) is 18.4 Å². The molecule has 1 aliphatic rings. The molecule has 1 saturated heterocycles. The Hall–Kier alpha value is -3.27. The molecule has 0 unspecified atom stereocenters. The molecule has 0 spiro atoms. The second kappa shape index (κ2) is 8.21. The Kier molecular flexibility index (Phi) is 5.54. The van der Waals surface area contributed by atoms with Crippen LogP contribution in [0.1, 0.15) is 5.56 Å². The lowest BCUT2D eigenvalue weighted by molar-refractivity contribution is -0.120. The number of nitrogens with one attached hydrogen (secondary N) is 1. The maximum Gasteiger partial charge on any atom is 0.246 e. The first-order valence-electron chi connectivity index (χ1n) is 8.46. The summed E-state index contributed by atoms with van der Waals surface area (Å²) < 4.78 is 1.70. The highest BCUT2D eigenvalue weighted by Crippen LogP contribution is 2.15. The summed E-state index contributed by atoms with van der Waals surface area (Å²) in [4.78, 5) is 20.5. The van der Waals surface area contributed by atoms with Gasteiger partial charge in [-0.3, -0.25) is 14.5 Å². The van der Waals surface area contributed by atoms with E-state index < -0.39 is 0 Å². The molecule has 26 heavy (non-hydrogen) atoms. The first kappa shape index (κ1) is 17.5. The topological polar surface area (TPSA) is 65.8 Å². The molecule has 1 N–H and O–H groups in total. The van der Waals surface area contributed by atoms with Gasteiger partial charge in [0.1, 0.15) is 6.54 Å². The number of aromatic nitrogens is 2. The SMILES string of the molecule is CN=C(NCC#Cc1ccccc1)N1CCN(c2cnn(C)c2)C(=O)C1. The molecule has 0 bridgehead atoms. The molecule has 0 saturated carbocycles. The highest BCUT2D eigenvalue weighted by molar-refractivity contribution is 5.98. The van der Waals surface area contributed by atoms with E-state index in [-0.39, 0.29) is 12.5 Å². The fourth-order valence-electron chi connectivity index (χ4n) is 2.80. The number of hydrogen-bond acceptors (Lipinski definition) is 3. The van der Waals surface area contributed by atoms with Crippen LogP contribution in [-0.2, 0) is 11.8 Å². The summed E-state index contributed by atoms with van der Waals surface area (Å²) in [6.45, 7) is 2.05. The van der Waals surface area contributed by atoms with Crippen LogP contribution < -0.4 is 10.2 Å². The number of benzene rings is 1. The minimum atomic E-state index is 0.0302. The molecule has 0 aliphatic carbocycles. The number of carbonyl (C=O) groups is 1. The maximum absolute atomic E-state index is 12.5. The minimum Gasteiger partial charge on any atom is -0.345 e. The van der Waals surface area contributed by atoms with E-state index in [1.807, 2.05) is 48.5 Å². The van der Waals surface area contributed by atoms with Gasteiger partial charge in [0.15, 0.2) is 5.96 Å². The summed E-state index contributed by atoms with van der Waals surface area (Å²) in [5, 5.41) is 7.33. The van der Waals surface area contributed by atoms with Gasteiger partial charge in [-0.25, -0.2) is 0 Å². The highest BCUT2D eigenvalue weighted by Gasteiger charge is 2.27. The van der Waals surface area contributed by atoms with Crippen molar-refractivity contribution in [3.05, 3.63) is 48.3 Å². The number of hydrogen-bond donors (Lipinski definition) is 1. The van der Waals surface area contributed by atoms with Gasteiger partial charge in [0, 0.05) is 38.9 Å². The number of rotatable bonds is 2. The van der Waals surface area contributed by atoms with Crippen LogP contribution in [0.5, 0.6) is 0 Å². The molecule has 0 atom stereocenters. The van der Waals surface area contributed by atoms with Crippen LogP contribution in [-0.4, -0.2) is 59.8 Å². The smallest absolute Gasteiger partial charge is 0.246 e. The Morgan fingerprint density at radius 3 is 2.77 bits per heavy atom.